The van der Waals surface area contributed by atoms with Crippen molar-refractivity contribution in [2.45, 2.75) is 0 Å². The van der Waals surface area contributed by atoms with Gasteiger partial charge in [-0.1, -0.05) is 17.7 Å². The van der Waals surface area contributed by atoms with E-state index in [1.54, 1.807) is 25.2 Å². The van der Waals surface area contributed by atoms with E-state index in [0.717, 1.165) is 5.69 Å². The van der Waals surface area contributed by atoms with Gasteiger partial charge >= 0.3 is 0 Å². The number of nitrogens with zero attached hydrogens (tertiary/aromatic N) is 1. The van der Waals surface area contributed by atoms with Crippen LogP contribution in [0.4, 0.5) is 15.8 Å². The standard InChI is InChI=1S/C13H11ClFN3O/c1-16-8-5-6-11(17-7-8)13(19)18-10-4-2-3-9(14)12(10)15/h2-7,16H,1H3,(H,18,19). The molecule has 4 nitrogen and oxygen atoms in total. The van der Waals surface area contributed by atoms with Crippen LogP contribution in [-0.2, 0) is 0 Å². The average molecular weight is 280 g/mol. The van der Waals surface area contributed by atoms with Crippen LogP contribution in [-0.4, -0.2) is 17.9 Å². The Hall–Kier alpha value is -2.14. The Kier molecular flexibility index (Phi) is 3.97. The molecule has 19 heavy (non-hydrogen) atoms. The molecule has 0 aliphatic rings. The number of nitrogens with one attached hydrogen (secondary N) is 2. The Labute approximate surface area is 114 Å². The van der Waals surface area contributed by atoms with E-state index in [4.69, 9.17) is 11.6 Å². The molecule has 0 radical (unpaired) electrons. The number of hydrogen-bond acceptors (Lipinski definition) is 3. The molecule has 0 unspecified atom stereocenters. The predicted molar refractivity (Wildman–Crippen MR) is 73.1 cm³/mol. The van der Waals surface area contributed by atoms with E-state index in [-0.39, 0.29) is 16.4 Å². The zero-order chi connectivity index (χ0) is 13.8. The minimum atomic E-state index is -0.663. The number of hydrogen-bond donors (Lipinski definition) is 2. The van der Waals surface area contributed by atoms with Crippen LogP contribution in [0.3, 0.4) is 0 Å². The van der Waals surface area contributed by atoms with E-state index in [2.05, 4.69) is 15.6 Å². The number of aromatic nitrogens is 1. The minimum absolute atomic E-state index is 0.0250. The van der Waals surface area contributed by atoms with Gasteiger partial charge in [-0.15, -0.1) is 0 Å². The second kappa shape index (κ2) is 5.67. The lowest BCUT2D eigenvalue weighted by atomic mass is 10.2. The van der Waals surface area contributed by atoms with Crippen molar-refractivity contribution in [2.24, 2.45) is 0 Å². The van der Waals surface area contributed by atoms with Crippen molar-refractivity contribution >= 4 is 28.9 Å². The highest BCUT2D eigenvalue weighted by Crippen LogP contribution is 2.22. The fourth-order valence-electron chi connectivity index (χ4n) is 1.46. The lowest BCUT2D eigenvalue weighted by Gasteiger charge is -2.07. The largest absolute Gasteiger partial charge is 0.387 e. The number of benzene rings is 1. The van der Waals surface area contributed by atoms with Gasteiger partial charge in [-0.3, -0.25) is 4.79 Å². The van der Waals surface area contributed by atoms with Crippen LogP contribution in [0.1, 0.15) is 10.5 Å². The van der Waals surface area contributed by atoms with Crippen molar-refractivity contribution in [2.75, 3.05) is 17.7 Å². The quantitative estimate of drug-likeness (QED) is 0.907. The van der Waals surface area contributed by atoms with Gasteiger partial charge < -0.3 is 10.6 Å². The topological polar surface area (TPSA) is 54.0 Å². The molecule has 2 rings (SSSR count). The van der Waals surface area contributed by atoms with Crippen molar-refractivity contribution in [1.29, 1.82) is 0 Å². The second-order valence-corrected chi connectivity index (χ2v) is 4.14. The summed E-state index contributed by atoms with van der Waals surface area (Å²) >= 11 is 5.63. The van der Waals surface area contributed by atoms with Crippen molar-refractivity contribution in [3.8, 4) is 0 Å². The van der Waals surface area contributed by atoms with E-state index >= 15 is 0 Å². The first-order valence-corrected chi connectivity index (χ1v) is 5.89. The molecule has 0 aliphatic carbocycles. The molecular weight excluding hydrogens is 269 g/mol. The van der Waals surface area contributed by atoms with Crippen LogP contribution in [0.5, 0.6) is 0 Å². The van der Waals surface area contributed by atoms with Crippen molar-refractivity contribution in [3.05, 3.63) is 53.1 Å². The first kappa shape index (κ1) is 13.3. The molecular formula is C13H11ClFN3O. The van der Waals surface area contributed by atoms with E-state index < -0.39 is 11.7 Å². The smallest absolute Gasteiger partial charge is 0.274 e. The highest BCUT2D eigenvalue weighted by Gasteiger charge is 2.12. The van der Waals surface area contributed by atoms with E-state index in [0.29, 0.717) is 0 Å². The molecule has 98 valence electrons. The SMILES string of the molecule is CNc1ccc(C(=O)Nc2cccc(Cl)c2F)nc1. The fourth-order valence-corrected chi connectivity index (χ4v) is 1.64. The third-order valence-electron chi connectivity index (χ3n) is 2.48. The molecule has 0 atom stereocenters. The summed E-state index contributed by atoms with van der Waals surface area (Å²) in [7, 11) is 1.75. The first-order valence-electron chi connectivity index (χ1n) is 5.51. The summed E-state index contributed by atoms with van der Waals surface area (Å²) in [4.78, 5) is 15.8. The minimum Gasteiger partial charge on any atom is -0.387 e. The van der Waals surface area contributed by atoms with Crippen LogP contribution in [0.15, 0.2) is 36.5 Å². The van der Waals surface area contributed by atoms with Crippen molar-refractivity contribution < 1.29 is 9.18 Å². The Balaban J connectivity index is 2.18. The molecule has 1 aromatic heterocycles. The zero-order valence-corrected chi connectivity index (χ0v) is 10.8. The fraction of sp³-hybridized carbons (Fsp3) is 0.0769. The summed E-state index contributed by atoms with van der Waals surface area (Å²) in [6, 6.07) is 7.64. The van der Waals surface area contributed by atoms with Gasteiger partial charge in [0, 0.05) is 7.05 Å². The van der Waals surface area contributed by atoms with Gasteiger partial charge in [-0.05, 0) is 24.3 Å². The third-order valence-corrected chi connectivity index (χ3v) is 2.78. The van der Waals surface area contributed by atoms with Crippen LogP contribution in [0.25, 0.3) is 0 Å². The third kappa shape index (κ3) is 3.00. The Morgan fingerprint density at radius 3 is 2.74 bits per heavy atom. The van der Waals surface area contributed by atoms with Crippen LogP contribution < -0.4 is 10.6 Å². The van der Waals surface area contributed by atoms with Crippen molar-refractivity contribution in [1.82, 2.24) is 4.98 Å². The Morgan fingerprint density at radius 2 is 2.11 bits per heavy atom. The van der Waals surface area contributed by atoms with Crippen LogP contribution >= 0.6 is 11.6 Å². The van der Waals surface area contributed by atoms with E-state index in [9.17, 15) is 9.18 Å². The van der Waals surface area contributed by atoms with Gasteiger partial charge in [-0.25, -0.2) is 9.37 Å². The van der Waals surface area contributed by atoms with Gasteiger partial charge in [0.25, 0.3) is 5.91 Å². The molecule has 1 aromatic carbocycles. The molecule has 6 heteroatoms. The molecule has 1 heterocycles. The summed E-state index contributed by atoms with van der Waals surface area (Å²) in [6.45, 7) is 0. The van der Waals surface area contributed by atoms with Gasteiger partial charge in [0.05, 0.1) is 22.6 Å². The number of pyridine rings is 1. The van der Waals surface area contributed by atoms with Crippen molar-refractivity contribution in [3.63, 3.8) is 0 Å². The molecule has 2 N–H and O–H groups in total. The number of amides is 1. The molecule has 0 aliphatic heterocycles. The number of halogens is 2. The molecule has 0 saturated carbocycles. The maximum atomic E-state index is 13.6. The summed E-state index contributed by atoms with van der Waals surface area (Å²) in [6.07, 6.45) is 1.52. The summed E-state index contributed by atoms with van der Waals surface area (Å²) in [5.41, 5.74) is 1.00. The van der Waals surface area contributed by atoms with E-state index in [1.807, 2.05) is 0 Å². The van der Waals surface area contributed by atoms with Gasteiger partial charge in [0.1, 0.15) is 5.69 Å². The van der Waals surface area contributed by atoms with Gasteiger partial charge in [0.15, 0.2) is 5.82 Å². The maximum Gasteiger partial charge on any atom is 0.274 e. The molecule has 1 amide bonds. The highest BCUT2D eigenvalue weighted by atomic mass is 35.5. The van der Waals surface area contributed by atoms with E-state index in [1.165, 1.54) is 18.3 Å². The number of rotatable bonds is 3. The molecule has 0 fully saturated rings. The van der Waals surface area contributed by atoms with Crippen LogP contribution in [0, 0.1) is 5.82 Å². The highest BCUT2D eigenvalue weighted by molar-refractivity contribution is 6.31. The first-order chi connectivity index (χ1) is 9.11. The average Bonchev–Trinajstić information content (AvgIpc) is 2.44. The Bertz CT molecular complexity index is 601. The zero-order valence-electron chi connectivity index (χ0n) is 10.1. The maximum absolute atomic E-state index is 13.6. The lowest BCUT2D eigenvalue weighted by molar-refractivity contribution is 0.102. The number of carbonyl (C=O) groups excluding carboxylic acids is 1. The van der Waals surface area contributed by atoms with Gasteiger partial charge in [0.2, 0.25) is 0 Å². The predicted octanol–water partition coefficient (Wildman–Crippen LogP) is 3.17. The number of carbonyl (C=O) groups is 1. The monoisotopic (exact) mass is 279 g/mol. The number of anilines is 2. The second-order valence-electron chi connectivity index (χ2n) is 3.74. The Morgan fingerprint density at radius 1 is 1.32 bits per heavy atom. The van der Waals surface area contributed by atoms with Gasteiger partial charge in [-0.2, -0.15) is 0 Å². The molecule has 0 bridgehead atoms. The molecule has 2 aromatic rings. The summed E-state index contributed by atoms with van der Waals surface area (Å²) in [5.74, 6) is -1.16. The molecule has 0 saturated heterocycles. The lowest BCUT2D eigenvalue weighted by Crippen LogP contribution is -2.14. The van der Waals surface area contributed by atoms with Crippen LogP contribution in [0.2, 0.25) is 5.02 Å². The summed E-state index contributed by atoms with van der Waals surface area (Å²) < 4.78 is 13.6. The molecule has 0 spiro atoms. The normalized spacial score (nSPS) is 10.1. The summed E-state index contributed by atoms with van der Waals surface area (Å²) in [5, 5.41) is 5.27.